The van der Waals surface area contributed by atoms with Gasteiger partial charge in [-0.25, -0.2) is 0 Å². The maximum absolute atomic E-state index is 12.6. The molecule has 1 N–H and O–H groups in total. The van der Waals surface area contributed by atoms with Crippen LogP contribution in [0.3, 0.4) is 0 Å². The zero-order valence-electron chi connectivity index (χ0n) is 19.1. The molecule has 3 aromatic carbocycles. The van der Waals surface area contributed by atoms with Crippen molar-refractivity contribution in [3.8, 4) is 22.6 Å². The molecule has 5 nitrogen and oxygen atoms in total. The number of nitrogens with one attached hydrogen (secondary N) is 1. The minimum Gasteiger partial charge on any atom is -0.497 e. The summed E-state index contributed by atoms with van der Waals surface area (Å²) < 4.78 is 16.9. The molecular formula is C28H27NO4. The van der Waals surface area contributed by atoms with Gasteiger partial charge in [-0.15, -0.1) is 0 Å². The van der Waals surface area contributed by atoms with Gasteiger partial charge in [0.2, 0.25) is 5.91 Å². The van der Waals surface area contributed by atoms with E-state index in [1.807, 2.05) is 68.4 Å². The molecule has 4 aromatic rings. The first kappa shape index (κ1) is 22.2. The molecule has 0 spiro atoms. The number of carbonyl (C=O) groups is 1. The van der Waals surface area contributed by atoms with E-state index >= 15 is 0 Å². The number of hydrogen-bond acceptors (Lipinski definition) is 4. The lowest BCUT2D eigenvalue weighted by Crippen LogP contribution is -2.20. The molecular weight excluding hydrogens is 414 g/mol. The summed E-state index contributed by atoms with van der Waals surface area (Å²) in [4.78, 5) is 12.6. The number of benzene rings is 3. The van der Waals surface area contributed by atoms with Gasteiger partial charge in [0.25, 0.3) is 0 Å². The molecule has 1 aromatic heterocycles. The lowest BCUT2D eigenvalue weighted by Gasteiger charge is -2.12. The SMILES string of the molecule is CCOc1cc2occ(-c3ccccc3)c2cc1/C(C)=C/C(=O)NCc1cccc(OC)c1. The molecule has 33 heavy (non-hydrogen) atoms. The first-order chi connectivity index (χ1) is 16.1. The first-order valence-electron chi connectivity index (χ1n) is 10.9. The third-order valence-corrected chi connectivity index (χ3v) is 5.43. The summed E-state index contributed by atoms with van der Waals surface area (Å²) in [5.41, 5.74) is 5.46. The van der Waals surface area contributed by atoms with Crippen molar-refractivity contribution in [2.24, 2.45) is 0 Å². The largest absolute Gasteiger partial charge is 0.497 e. The van der Waals surface area contributed by atoms with E-state index in [2.05, 4.69) is 17.4 Å². The van der Waals surface area contributed by atoms with Crippen molar-refractivity contribution < 1.29 is 18.7 Å². The second kappa shape index (κ2) is 10.1. The van der Waals surface area contributed by atoms with Gasteiger partial charge in [-0.3, -0.25) is 4.79 Å². The monoisotopic (exact) mass is 441 g/mol. The van der Waals surface area contributed by atoms with E-state index < -0.39 is 0 Å². The van der Waals surface area contributed by atoms with Gasteiger partial charge in [0.15, 0.2) is 0 Å². The van der Waals surface area contributed by atoms with Gasteiger partial charge in [-0.05, 0) is 48.7 Å². The van der Waals surface area contributed by atoms with Gasteiger partial charge in [-0.1, -0.05) is 42.5 Å². The number of carbonyl (C=O) groups excluding carboxylic acids is 1. The number of hydrogen-bond donors (Lipinski definition) is 1. The summed E-state index contributed by atoms with van der Waals surface area (Å²) in [5.74, 6) is 1.28. The average Bonchev–Trinajstić information content (AvgIpc) is 3.26. The maximum Gasteiger partial charge on any atom is 0.244 e. The van der Waals surface area contributed by atoms with Crippen molar-refractivity contribution in [1.29, 1.82) is 0 Å². The summed E-state index contributed by atoms with van der Waals surface area (Å²) in [6, 6.07) is 21.7. The van der Waals surface area contributed by atoms with Gasteiger partial charge in [0, 0.05) is 35.2 Å². The van der Waals surface area contributed by atoms with Crippen LogP contribution < -0.4 is 14.8 Å². The molecule has 0 aliphatic carbocycles. The predicted octanol–water partition coefficient (Wildman–Crippen LogP) is 6.23. The Labute approximate surface area is 193 Å². The van der Waals surface area contributed by atoms with Crippen LogP contribution in [0.1, 0.15) is 25.0 Å². The van der Waals surface area contributed by atoms with Crippen molar-refractivity contribution in [3.05, 3.63) is 90.2 Å². The Balaban J connectivity index is 1.62. The Bertz CT molecular complexity index is 1290. The molecule has 168 valence electrons. The Kier molecular flexibility index (Phi) is 6.79. The van der Waals surface area contributed by atoms with E-state index in [1.54, 1.807) is 19.4 Å². The van der Waals surface area contributed by atoms with E-state index in [4.69, 9.17) is 13.9 Å². The zero-order valence-corrected chi connectivity index (χ0v) is 19.1. The molecule has 0 aliphatic heterocycles. The zero-order chi connectivity index (χ0) is 23.2. The highest BCUT2D eigenvalue weighted by atomic mass is 16.5. The highest BCUT2D eigenvalue weighted by Gasteiger charge is 2.15. The summed E-state index contributed by atoms with van der Waals surface area (Å²) in [7, 11) is 1.62. The number of methoxy groups -OCH3 is 1. The van der Waals surface area contributed by atoms with Crippen LogP contribution in [0.15, 0.2) is 83.5 Å². The third kappa shape index (κ3) is 5.09. The number of amides is 1. The van der Waals surface area contributed by atoms with Crippen LogP contribution in [0, 0.1) is 0 Å². The van der Waals surface area contributed by atoms with Crippen molar-refractivity contribution in [2.45, 2.75) is 20.4 Å². The minimum absolute atomic E-state index is 0.173. The highest BCUT2D eigenvalue weighted by molar-refractivity contribution is 6.00. The summed E-state index contributed by atoms with van der Waals surface area (Å²) in [6.07, 6.45) is 3.37. The molecule has 1 amide bonds. The number of ether oxygens (including phenoxy) is 2. The summed E-state index contributed by atoms with van der Waals surface area (Å²) >= 11 is 0. The summed E-state index contributed by atoms with van der Waals surface area (Å²) in [5, 5.41) is 3.92. The van der Waals surface area contributed by atoms with E-state index in [-0.39, 0.29) is 5.91 Å². The van der Waals surface area contributed by atoms with E-state index in [0.717, 1.165) is 44.5 Å². The second-order valence-corrected chi connectivity index (χ2v) is 7.69. The van der Waals surface area contributed by atoms with Gasteiger partial charge in [0.05, 0.1) is 20.0 Å². The number of rotatable bonds is 8. The average molecular weight is 442 g/mol. The van der Waals surface area contributed by atoms with Crippen LogP contribution in [0.4, 0.5) is 0 Å². The normalized spacial score (nSPS) is 11.4. The number of allylic oxidation sites excluding steroid dienone is 1. The fourth-order valence-corrected chi connectivity index (χ4v) is 3.78. The molecule has 1 heterocycles. The minimum atomic E-state index is -0.173. The van der Waals surface area contributed by atoms with Gasteiger partial charge >= 0.3 is 0 Å². The topological polar surface area (TPSA) is 60.7 Å². The van der Waals surface area contributed by atoms with Crippen LogP contribution >= 0.6 is 0 Å². The fraction of sp³-hybridized carbons (Fsp3) is 0.179. The molecule has 0 aliphatic rings. The Morgan fingerprint density at radius 2 is 1.88 bits per heavy atom. The Hall–Kier alpha value is -3.99. The molecule has 0 unspecified atom stereocenters. The second-order valence-electron chi connectivity index (χ2n) is 7.69. The Morgan fingerprint density at radius 1 is 1.06 bits per heavy atom. The van der Waals surface area contributed by atoms with Crippen molar-refractivity contribution in [2.75, 3.05) is 13.7 Å². The van der Waals surface area contributed by atoms with Crippen molar-refractivity contribution in [3.63, 3.8) is 0 Å². The quantitative estimate of drug-likeness (QED) is 0.330. The van der Waals surface area contributed by atoms with Crippen LogP contribution in [0.5, 0.6) is 11.5 Å². The van der Waals surface area contributed by atoms with Crippen LogP contribution in [-0.4, -0.2) is 19.6 Å². The smallest absolute Gasteiger partial charge is 0.244 e. The van der Waals surface area contributed by atoms with E-state index in [9.17, 15) is 4.79 Å². The van der Waals surface area contributed by atoms with Crippen molar-refractivity contribution in [1.82, 2.24) is 5.32 Å². The predicted molar refractivity (Wildman–Crippen MR) is 131 cm³/mol. The molecule has 0 atom stereocenters. The standard InChI is InChI=1S/C28H27NO4/c1-4-32-26-16-27-24(25(18-33-27)21-10-6-5-7-11-21)15-23(26)19(2)13-28(30)29-17-20-9-8-12-22(14-20)31-3/h5-16,18H,4,17H2,1-3H3,(H,29,30)/b19-13+. The molecule has 0 saturated carbocycles. The van der Waals surface area contributed by atoms with Crippen LogP contribution in [0.2, 0.25) is 0 Å². The third-order valence-electron chi connectivity index (χ3n) is 5.43. The molecule has 5 heteroatoms. The number of furan rings is 1. The number of fused-ring (bicyclic) bond motifs is 1. The van der Waals surface area contributed by atoms with E-state index in [0.29, 0.717) is 18.9 Å². The van der Waals surface area contributed by atoms with Crippen LogP contribution in [0.25, 0.3) is 27.7 Å². The molecule has 0 bridgehead atoms. The van der Waals surface area contributed by atoms with Gasteiger partial charge in [0.1, 0.15) is 17.1 Å². The molecule has 0 saturated heterocycles. The highest BCUT2D eigenvalue weighted by Crippen LogP contribution is 2.37. The van der Waals surface area contributed by atoms with E-state index in [1.165, 1.54) is 0 Å². The Morgan fingerprint density at radius 3 is 2.64 bits per heavy atom. The molecule has 0 radical (unpaired) electrons. The molecule has 4 rings (SSSR count). The van der Waals surface area contributed by atoms with Crippen LogP contribution in [-0.2, 0) is 11.3 Å². The van der Waals surface area contributed by atoms with Crippen molar-refractivity contribution >= 4 is 22.4 Å². The van der Waals surface area contributed by atoms with Gasteiger partial charge < -0.3 is 19.2 Å². The van der Waals surface area contributed by atoms with Gasteiger partial charge in [-0.2, -0.15) is 0 Å². The first-order valence-corrected chi connectivity index (χ1v) is 10.9. The molecule has 0 fully saturated rings. The fourth-order valence-electron chi connectivity index (χ4n) is 3.78. The lowest BCUT2D eigenvalue weighted by atomic mass is 9.99. The summed E-state index contributed by atoms with van der Waals surface area (Å²) in [6.45, 7) is 4.78. The lowest BCUT2D eigenvalue weighted by molar-refractivity contribution is -0.116. The maximum atomic E-state index is 12.6.